The van der Waals surface area contributed by atoms with Crippen LogP contribution >= 0.6 is 15.9 Å². The van der Waals surface area contributed by atoms with Gasteiger partial charge in [0, 0.05) is 31.0 Å². The van der Waals surface area contributed by atoms with Crippen LogP contribution < -0.4 is 0 Å². The second-order valence-electron chi connectivity index (χ2n) is 4.03. The van der Waals surface area contributed by atoms with Gasteiger partial charge in [-0.2, -0.15) is 0 Å². The molecule has 0 heterocycles. The number of carboxylic acid groups (broad SMARTS) is 1. The zero-order valence-electron chi connectivity index (χ0n) is 12.5. The summed E-state index contributed by atoms with van der Waals surface area (Å²) in [5.74, 6) is -2.20. The van der Waals surface area contributed by atoms with E-state index in [1.165, 1.54) is 5.56 Å². The molecule has 0 fully saturated rings. The lowest BCUT2D eigenvalue weighted by molar-refractivity contribution is -0.148. The van der Waals surface area contributed by atoms with Crippen molar-refractivity contribution < 1.29 is 24.2 Å². The summed E-state index contributed by atoms with van der Waals surface area (Å²) in [6.45, 7) is 6.33. The summed E-state index contributed by atoms with van der Waals surface area (Å²) < 4.78 is 12.1. The fourth-order valence-corrected chi connectivity index (χ4v) is 1.62. The third-order valence-corrected chi connectivity index (χ3v) is 2.85. The lowest BCUT2D eigenvalue weighted by Gasteiger charge is -2.16. The Morgan fingerprint density at radius 1 is 1.14 bits per heavy atom. The maximum Gasteiger partial charge on any atom is 0.371 e. The van der Waals surface area contributed by atoms with Gasteiger partial charge < -0.3 is 14.6 Å². The highest BCUT2D eigenvalue weighted by molar-refractivity contribution is 9.10. The molecule has 1 aromatic rings. The van der Waals surface area contributed by atoms with Crippen molar-refractivity contribution in [2.45, 2.75) is 33.5 Å². The lowest BCUT2D eigenvalue weighted by Crippen LogP contribution is -2.20. The Morgan fingerprint density at radius 3 is 1.90 bits per heavy atom. The quantitative estimate of drug-likeness (QED) is 0.597. The molecule has 0 bridgehead atoms. The summed E-state index contributed by atoms with van der Waals surface area (Å²) >= 11 is 3.41. The number of benzene rings is 1. The van der Waals surface area contributed by atoms with Crippen LogP contribution in [0.5, 0.6) is 0 Å². The van der Waals surface area contributed by atoms with E-state index in [-0.39, 0.29) is 6.29 Å². The fraction of sp³-hybridized carbons (Fsp3) is 0.467. The number of carbonyl (C=O) groups is 2. The molecule has 21 heavy (non-hydrogen) atoms. The second-order valence-corrected chi connectivity index (χ2v) is 4.95. The van der Waals surface area contributed by atoms with Crippen molar-refractivity contribution in [1.29, 1.82) is 0 Å². The minimum Gasteiger partial charge on any atom is -0.476 e. The van der Waals surface area contributed by atoms with Crippen molar-refractivity contribution >= 4 is 27.7 Å². The molecule has 0 aliphatic carbocycles. The van der Waals surface area contributed by atoms with Crippen LogP contribution in [0.4, 0.5) is 0 Å². The Balaban J connectivity index is 0.000000567. The molecule has 118 valence electrons. The van der Waals surface area contributed by atoms with Gasteiger partial charge in [0.25, 0.3) is 0 Å². The summed E-state index contributed by atoms with van der Waals surface area (Å²) in [5.41, 5.74) is 1.23. The van der Waals surface area contributed by atoms with E-state index in [1.807, 2.05) is 26.0 Å². The molecule has 0 saturated heterocycles. The molecular formula is C15H21BrO5. The van der Waals surface area contributed by atoms with Crippen LogP contribution in [0.2, 0.25) is 0 Å². The Labute approximate surface area is 133 Å². The van der Waals surface area contributed by atoms with Crippen LogP contribution in [-0.2, 0) is 25.5 Å². The molecule has 0 atom stereocenters. The standard InChI is InChI=1S/C12H17BrO2.C3H4O3/c1-3-14-12(15-4-2)9-10-5-7-11(13)8-6-10;1-2(4)3(5)6/h5-8,12H,3-4,9H2,1-2H3;1H3,(H,5,6). The van der Waals surface area contributed by atoms with Gasteiger partial charge in [0.05, 0.1) is 0 Å². The average Bonchev–Trinajstić information content (AvgIpc) is 2.42. The molecule has 0 amide bonds. The zero-order valence-corrected chi connectivity index (χ0v) is 14.1. The largest absolute Gasteiger partial charge is 0.476 e. The third-order valence-electron chi connectivity index (χ3n) is 2.32. The monoisotopic (exact) mass is 360 g/mol. The van der Waals surface area contributed by atoms with Gasteiger partial charge in [-0.1, -0.05) is 28.1 Å². The first kappa shape index (κ1) is 19.8. The van der Waals surface area contributed by atoms with Crippen LogP contribution in [0.15, 0.2) is 28.7 Å². The third kappa shape index (κ3) is 10.2. The summed E-state index contributed by atoms with van der Waals surface area (Å²) in [6, 6.07) is 8.22. The van der Waals surface area contributed by atoms with E-state index in [1.54, 1.807) is 0 Å². The van der Waals surface area contributed by atoms with Crippen LogP contribution in [0.3, 0.4) is 0 Å². The number of rotatable bonds is 7. The molecule has 1 N–H and O–H groups in total. The van der Waals surface area contributed by atoms with Crippen molar-refractivity contribution in [2.75, 3.05) is 13.2 Å². The van der Waals surface area contributed by atoms with Crippen LogP contribution in [0.25, 0.3) is 0 Å². The predicted molar refractivity (Wildman–Crippen MR) is 83.2 cm³/mol. The summed E-state index contributed by atoms with van der Waals surface area (Å²) in [4.78, 5) is 18.9. The SMILES string of the molecule is CC(=O)C(=O)O.CCOC(Cc1ccc(Br)cc1)OCC. The molecular weight excluding hydrogens is 340 g/mol. The van der Waals surface area contributed by atoms with Crippen molar-refractivity contribution in [1.82, 2.24) is 0 Å². The van der Waals surface area contributed by atoms with E-state index in [4.69, 9.17) is 14.6 Å². The Bertz CT molecular complexity index is 412. The molecule has 5 nitrogen and oxygen atoms in total. The topological polar surface area (TPSA) is 72.8 Å². The molecule has 0 aliphatic rings. The highest BCUT2D eigenvalue weighted by atomic mass is 79.9. The van der Waals surface area contributed by atoms with Gasteiger partial charge in [0.2, 0.25) is 5.78 Å². The molecule has 0 spiro atoms. The Morgan fingerprint density at radius 2 is 1.57 bits per heavy atom. The van der Waals surface area contributed by atoms with Gasteiger partial charge in [-0.05, 0) is 31.5 Å². The number of ether oxygens (including phenoxy) is 2. The van der Waals surface area contributed by atoms with Crippen molar-refractivity contribution in [2.24, 2.45) is 0 Å². The maximum atomic E-state index is 9.54. The minimum atomic E-state index is -1.38. The number of carboxylic acids is 1. The molecule has 0 aromatic heterocycles. The van der Waals surface area contributed by atoms with Gasteiger partial charge in [0.1, 0.15) is 0 Å². The number of Topliss-reactive ketones (excluding diaryl/α,β-unsaturated/α-hetero) is 1. The molecule has 0 unspecified atom stereocenters. The van der Waals surface area contributed by atoms with Gasteiger partial charge >= 0.3 is 5.97 Å². The number of aliphatic carboxylic acids is 1. The Kier molecular flexibility index (Phi) is 10.7. The number of ketones is 1. The van der Waals surface area contributed by atoms with Gasteiger partial charge in [0.15, 0.2) is 6.29 Å². The van der Waals surface area contributed by atoms with Crippen molar-refractivity contribution in [3.63, 3.8) is 0 Å². The lowest BCUT2D eigenvalue weighted by atomic mass is 10.1. The highest BCUT2D eigenvalue weighted by Crippen LogP contribution is 2.13. The van der Waals surface area contributed by atoms with Crippen LogP contribution in [0.1, 0.15) is 26.3 Å². The zero-order chi connectivity index (χ0) is 16.3. The summed E-state index contributed by atoms with van der Waals surface area (Å²) in [6.07, 6.45) is 0.677. The van der Waals surface area contributed by atoms with Crippen molar-refractivity contribution in [3.8, 4) is 0 Å². The number of hydrogen-bond donors (Lipinski definition) is 1. The van der Waals surface area contributed by atoms with Gasteiger partial charge in [-0.15, -0.1) is 0 Å². The van der Waals surface area contributed by atoms with E-state index in [9.17, 15) is 9.59 Å². The van der Waals surface area contributed by atoms with Gasteiger partial charge in [-0.25, -0.2) is 4.79 Å². The molecule has 1 rings (SSSR count). The van der Waals surface area contributed by atoms with E-state index >= 15 is 0 Å². The van der Waals surface area contributed by atoms with Gasteiger partial charge in [-0.3, -0.25) is 4.79 Å². The predicted octanol–water partition coefficient (Wildman–Crippen LogP) is 3.05. The highest BCUT2D eigenvalue weighted by Gasteiger charge is 2.08. The fourth-order valence-electron chi connectivity index (χ4n) is 1.35. The first-order chi connectivity index (χ1) is 9.90. The first-order valence-electron chi connectivity index (χ1n) is 6.62. The molecule has 0 aliphatic heterocycles. The smallest absolute Gasteiger partial charge is 0.371 e. The number of halogens is 1. The van der Waals surface area contributed by atoms with Crippen molar-refractivity contribution in [3.05, 3.63) is 34.3 Å². The molecule has 1 aromatic carbocycles. The molecule has 6 heteroatoms. The number of hydrogen-bond acceptors (Lipinski definition) is 4. The average molecular weight is 361 g/mol. The summed E-state index contributed by atoms with van der Waals surface area (Å²) in [7, 11) is 0. The van der Waals surface area contributed by atoms with E-state index in [0.29, 0.717) is 13.2 Å². The minimum absolute atomic E-state index is 0.124. The normalized spacial score (nSPS) is 9.95. The van der Waals surface area contributed by atoms with E-state index in [2.05, 4.69) is 28.1 Å². The van der Waals surface area contributed by atoms with E-state index in [0.717, 1.165) is 17.8 Å². The summed E-state index contributed by atoms with van der Waals surface area (Å²) in [5, 5.41) is 7.64. The second kappa shape index (κ2) is 11.4. The number of carbonyl (C=O) groups excluding carboxylic acids is 1. The molecule has 0 saturated carbocycles. The molecule has 0 radical (unpaired) electrons. The Hall–Kier alpha value is -1.24. The van der Waals surface area contributed by atoms with Crippen LogP contribution in [-0.4, -0.2) is 36.4 Å². The maximum absolute atomic E-state index is 9.54. The van der Waals surface area contributed by atoms with Crippen LogP contribution in [0, 0.1) is 0 Å². The van der Waals surface area contributed by atoms with E-state index < -0.39 is 11.8 Å². The first-order valence-corrected chi connectivity index (χ1v) is 7.41.